The zero-order valence-electron chi connectivity index (χ0n) is 9.90. The Morgan fingerprint density at radius 2 is 1.58 bits per heavy atom. The van der Waals surface area contributed by atoms with Crippen molar-refractivity contribution in [3.63, 3.8) is 0 Å². The number of hydrogen-bond donors (Lipinski definition) is 0. The first kappa shape index (κ1) is 13.1. The largest absolute Gasteiger partial charge is 0.285 e. The zero-order valence-corrected chi connectivity index (χ0v) is 9.90. The molecule has 0 atom stereocenters. The van der Waals surface area contributed by atoms with Gasteiger partial charge in [-0.1, -0.05) is 6.08 Å². The van der Waals surface area contributed by atoms with Crippen LogP contribution in [0, 0.1) is 5.82 Å². The molecular formula is C15H10F2O2. The van der Waals surface area contributed by atoms with Gasteiger partial charge in [-0.2, -0.15) is 0 Å². The van der Waals surface area contributed by atoms with Crippen LogP contribution in [0.15, 0.2) is 60.0 Å². The van der Waals surface area contributed by atoms with Gasteiger partial charge in [0.2, 0.25) is 11.6 Å². The van der Waals surface area contributed by atoms with E-state index in [0.29, 0.717) is 0 Å². The van der Waals surface area contributed by atoms with E-state index >= 15 is 0 Å². The summed E-state index contributed by atoms with van der Waals surface area (Å²) in [7, 11) is 0. The van der Waals surface area contributed by atoms with Gasteiger partial charge in [-0.15, -0.1) is 0 Å². The molecule has 1 aromatic rings. The highest BCUT2D eigenvalue weighted by Gasteiger charge is 2.19. The van der Waals surface area contributed by atoms with Crippen molar-refractivity contribution in [2.24, 2.45) is 0 Å². The van der Waals surface area contributed by atoms with Crippen molar-refractivity contribution >= 4 is 11.6 Å². The first-order chi connectivity index (χ1) is 9.08. The van der Waals surface area contributed by atoms with E-state index in [0.717, 1.165) is 18.2 Å². The lowest BCUT2D eigenvalue weighted by Crippen LogP contribution is -2.15. The molecule has 0 saturated carbocycles. The van der Waals surface area contributed by atoms with Crippen LogP contribution in [0.5, 0.6) is 0 Å². The molecule has 0 saturated heterocycles. The summed E-state index contributed by atoms with van der Waals surface area (Å²) in [6, 6.07) is 4.71. The third kappa shape index (κ3) is 3.10. The van der Waals surface area contributed by atoms with Crippen molar-refractivity contribution in [3.05, 3.63) is 71.4 Å². The zero-order chi connectivity index (χ0) is 13.8. The Kier molecular flexibility index (Phi) is 3.80. The average Bonchev–Trinajstić information content (AvgIpc) is 2.63. The van der Waals surface area contributed by atoms with Crippen molar-refractivity contribution in [2.45, 2.75) is 6.42 Å². The predicted molar refractivity (Wildman–Crippen MR) is 66.8 cm³/mol. The molecule has 1 aliphatic carbocycles. The molecule has 96 valence electrons. The van der Waals surface area contributed by atoms with E-state index in [1.807, 2.05) is 0 Å². The van der Waals surface area contributed by atoms with Crippen molar-refractivity contribution in [1.82, 2.24) is 0 Å². The molecule has 0 radical (unpaired) electrons. The number of halogens is 2. The second-order valence-electron chi connectivity index (χ2n) is 3.98. The molecule has 2 rings (SSSR count). The monoisotopic (exact) mass is 260 g/mol. The standard InChI is InChI=1S/C15H10F2O2/c16-12-3-1-2-10(4-7-12)14(18)15(19)11-5-8-13(17)9-6-11/h2-9H,1H2. The van der Waals surface area contributed by atoms with Crippen molar-refractivity contribution in [1.29, 1.82) is 0 Å². The lowest BCUT2D eigenvalue weighted by Gasteiger charge is -2.01. The summed E-state index contributed by atoms with van der Waals surface area (Å²) < 4.78 is 25.7. The summed E-state index contributed by atoms with van der Waals surface area (Å²) >= 11 is 0. The molecule has 19 heavy (non-hydrogen) atoms. The number of allylic oxidation sites excluding steroid dienone is 6. The second-order valence-corrected chi connectivity index (χ2v) is 3.98. The summed E-state index contributed by atoms with van der Waals surface area (Å²) in [4.78, 5) is 23.8. The van der Waals surface area contributed by atoms with Gasteiger partial charge >= 0.3 is 0 Å². The van der Waals surface area contributed by atoms with Gasteiger partial charge in [-0.3, -0.25) is 9.59 Å². The number of ketones is 2. The lowest BCUT2D eigenvalue weighted by molar-refractivity contribution is -0.111. The van der Waals surface area contributed by atoms with E-state index in [-0.39, 0.29) is 17.6 Å². The average molecular weight is 260 g/mol. The molecule has 1 aliphatic rings. The maximum Gasteiger partial charge on any atom is 0.233 e. The van der Waals surface area contributed by atoms with Gasteiger partial charge in [-0.25, -0.2) is 8.78 Å². The van der Waals surface area contributed by atoms with Crippen LogP contribution in [0.25, 0.3) is 0 Å². The van der Waals surface area contributed by atoms with Crippen molar-refractivity contribution in [2.75, 3.05) is 0 Å². The van der Waals surface area contributed by atoms with E-state index in [1.54, 1.807) is 0 Å². The fourth-order valence-corrected chi connectivity index (χ4v) is 1.64. The van der Waals surface area contributed by atoms with Gasteiger partial charge in [0.05, 0.1) is 0 Å². The van der Waals surface area contributed by atoms with Gasteiger partial charge in [0.15, 0.2) is 0 Å². The molecule has 0 unspecified atom stereocenters. The highest BCUT2D eigenvalue weighted by molar-refractivity contribution is 6.49. The quantitative estimate of drug-likeness (QED) is 0.617. The molecule has 0 aromatic heterocycles. The Labute approximate surface area is 108 Å². The van der Waals surface area contributed by atoms with Crippen LogP contribution in [0.4, 0.5) is 8.78 Å². The Balaban J connectivity index is 2.21. The first-order valence-corrected chi connectivity index (χ1v) is 5.66. The van der Waals surface area contributed by atoms with E-state index < -0.39 is 23.2 Å². The van der Waals surface area contributed by atoms with E-state index in [4.69, 9.17) is 0 Å². The van der Waals surface area contributed by atoms with Gasteiger partial charge < -0.3 is 0 Å². The number of carbonyl (C=O) groups excluding carboxylic acids is 2. The fourth-order valence-electron chi connectivity index (χ4n) is 1.64. The van der Waals surface area contributed by atoms with E-state index in [9.17, 15) is 18.4 Å². The summed E-state index contributed by atoms with van der Waals surface area (Å²) in [5.41, 5.74) is 0.247. The van der Waals surface area contributed by atoms with Crippen LogP contribution in [0.2, 0.25) is 0 Å². The van der Waals surface area contributed by atoms with Gasteiger partial charge in [0.25, 0.3) is 0 Å². The summed E-state index contributed by atoms with van der Waals surface area (Å²) in [6.07, 6.45) is 5.43. The Morgan fingerprint density at radius 3 is 2.26 bits per heavy atom. The summed E-state index contributed by atoms with van der Waals surface area (Å²) in [5.74, 6) is -2.40. The van der Waals surface area contributed by atoms with E-state index in [2.05, 4.69) is 0 Å². The van der Waals surface area contributed by atoms with Crippen LogP contribution in [-0.4, -0.2) is 11.6 Å². The first-order valence-electron chi connectivity index (χ1n) is 5.66. The number of rotatable bonds is 3. The second kappa shape index (κ2) is 5.52. The number of benzene rings is 1. The lowest BCUT2D eigenvalue weighted by atomic mass is 10.0. The Bertz CT molecular complexity index is 608. The maximum absolute atomic E-state index is 13.0. The van der Waals surface area contributed by atoms with Gasteiger partial charge in [-0.05, 0) is 48.9 Å². The van der Waals surface area contributed by atoms with Crippen LogP contribution < -0.4 is 0 Å². The van der Waals surface area contributed by atoms with Gasteiger partial charge in [0, 0.05) is 11.1 Å². The minimum atomic E-state index is -0.738. The number of carbonyl (C=O) groups is 2. The number of Topliss-reactive ketones (excluding diaryl/α,β-unsaturated/α-hetero) is 2. The highest BCUT2D eigenvalue weighted by Crippen LogP contribution is 2.14. The predicted octanol–water partition coefficient (Wildman–Crippen LogP) is 3.32. The Hall–Kier alpha value is -2.36. The minimum absolute atomic E-state index is 0.110. The molecule has 0 bridgehead atoms. The molecule has 4 heteroatoms. The minimum Gasteiger partial charge on any atom is -0.285 e. The molecule has 2 nitrogen and oxygen atoms in total. The van der Waals surface area contributed by atoms with Crippen LogP contribution >= 0.6 is 0 Å². The SMILES string of the molecule is O=C(C(=O)c1ccc(F)cc1)C1=CCC=C(F)C=C1. The van der Waals surface area contributed by atoms with E-state index in [1.165, 1.54) is 30.4 Å². The van der Waals surface area contributed by atoms with Crippen molar-refractivity contribution in [3.8, 4) is 0 Å². The third-order valence-corrected chi connectivity index (χ3v) is 2.65. The summed E-state index contributed by atoms with van der Waals surface area (Å²) in [6.45, 7) is 0. The fraction of sp³-hybridized carbons (Fsp3) is 0.0667. The van der Waals surface area contributed by atoms with Crippen LogP contribution in [0.1, 0.15) is 16.8 Å². The topological polar surface area (TPSA) is 34.1 Å². The number of hydrogen-bond acceptors (Lipinski definition) is 2. The van der Waals surface area contributed by atoms with Crippen LogP contribution in [0.3, 0.4) is 0 Å². The molecule has 0 spiro atoms. The molecular weight excluding hydrogens is 250 g/mol. The molecule has 1 aromatic carbocycles. The maximum atomic E-state index is 13.0. The molecule has 0 aliphatic heterocycles. The Morgan fingerprint density at radius 1 is 0.895 bits per heavy atom. The molecule has 0 N–H and O–H groups in total. The summed E-state index contributed by atoms with van der Waals surface area (Å²) in [5, 5.41) is 0. The van der Waals surface area contributed by atoms with Crippen LogP contribution in [-0.2, 0) is 4.79 Å². The normalized spacial score (nSPS) is 14.4. The van der Waals surface area contributed by atoms with Gasteiger partial charge in [0.1, 0.15) is 11.6 Å². The molecule has 0 heterocycles. The third-order valence-electron chi connectivity index (χ3n) is 2.65. The molecule has 0 fully saturated rings. The smallest absolute Gasteiger partial charge is 0.233 e. The van der Waals surface area contributed by atoms with Crippen molar-refractivity contribution < 1.29 is 18.4 Å². The molecule has 0 amide bonds. The highest BCUT2D eigenvalue weighted by atomic mass is 19.1.